The normalized spacial score (nSPS) is 10.1. The van der Waals surface area contributed by atoms with Gasteiger partial charge in [-0.2, -0.15) is 5.26 Å². The van der Waals surface area contributed by atoms with Crippen LogP contribution in [0, 0.1) is 11.3 Å². The number of hydrogen-bond acceptors (Lipinski definition) is 2. The maximum atomic E-state index is 11.0. The smallest absolute Gasteiger partial charge is 0.338 e. The summed E-state index contributed by atoms with van der Waals surface area (Å²) in [7, 11) is 0. The molecule has 74 valence electrons. The molecule has 0 aliphatic rings. The molecule has 0 unspecified atom stereocenters. The van der Waals surface area contributed by atoms with Crippen molar-refractivity contribution >= 4 is 16.9 Å². The zero-order valence-electron chi connectivity index (χ0n) is 7.82. The number of nitrogens with one attached hydrogen (secondary N) is 1. The summed E-state index contributed by atoms with van der Waals surface area (Å²) < 4.78 is 0. The fourth-order valence-corrected chi connectivity index (χ4v) is 1.65. The summed E-state index contributed by atoms with van der Waals surface area (Å²) in [5.74, 6) is -1.00. The number of aromatic amines is 1. The number of fused-ring (bicyclic) bond motifs is 1. The number of H-pyrrole nitrogens is 1. The van der Waals surface area contributed by atoms with Gasteiger partial charge in [0.1, 0.15) is 0 Å². The molecule has 0 bridgehead atoms. The van der Waals surface area contributed by atoms with Crippen LogP contribution in [0.15, 0.2) is 24.3 Å². The quantitative estimate of drug-likeness (QED) is 0.777. The predicted octanol–water partition coefficient (Wildman–Crippen LogP) is 1.93. The van der Waals surface area contributed by atoms with Gasteiger partial charge in [0.25, 0.3) is 0 Å². The molecule has 15 heavy (non-hydrogen) atoms. The Labute approximate surface area is 85.8 Å². The highest BCUT2D eigenvalue weighted by Gasteiger charge is 2.16. The van der Waals surface area contributed by atoms with Gasteiger partial charge in [0, 0.05) is 16.6 Å². The van der Waals surface area contributed by atoms with Gasteiger partial charge in [0.2, 0.25) is 0 Å². The van der Waals surface area contributed by atoms with E-state index in [-0.39, 0.29) is 12.0 Å². The number of rotatable bonds is 2. The topological polar surface area (TPSA) is 76.9 Å². The van der Waals surface area contributed by atoms with Crippen molar-refractivity contribution in [2.24, 2.45) is 0 Å². The van der Waals surface area contributed by atoms with E-state index in [0.717, 1.165) is 5.52 Å². The number of benzene rings is 1. The molecular formula is C11H8N2O2. The van der Waals surface area contributed by atoms with Crippen LogP contribution < -0.4 is 0 Å². The monoisotopic (exact) mass is 200 g/mol. The van der Waals surface area contributed by atoms with E-state index in [0.29, 0.717) is 11.1 Å². The Morgan fingerprint density at radius 3 is 2.87 bits per heavy atom. The van der Waals surface area contributed by atoms with Gasteiger partial charge in [-0.15, -0.1) is 0 Å². The molecule has 0 saturated carbocycles. The van der Waals surface area contributed by atoms with Crippen molar-refractivity contribution in [1.82, 2.24) is 4.98 Å². The Kier molecular flexibility index (Phi) is 2.14. The van der Waals surface area contributed by atoms with Crippen LogP contribution in [0.25, 0.3) is 10.9 Å². The highest BCUT2D eigenvalue weighted by atomic mass is 16.4. The van der Waals surface area contributed by atoms with Gasteiger partial charge in [0.05, 0.1) is 18.1 Å². The summed E-state index contributed by atoms with van der Waals surface area (Å²) in [6.45, 7) is 0. The van der Waals surface area contributed by atoms with Crippen LogP contribution in [0.1, 0.15) is 16.1 Å². The molecule has 0 aliphatic carbocycles. The molecule has 1 aromatic heterocycles. The number of aromatic carboxylic acids is 1. The number of aromatic nitrogens is 1. The van der Waals surface area contributed by atoms with Crippen LogP contribution >= 0.6 is 0 Å². The predicted molar refractivity (Wildman–Crippen MR) is 54.6 cm³/mol. The molecule has 4 nitrogen and oxygen atoms in total. The van der Waals surface area contributed by atoms with Gasteiger partial charge >= 0.3 is 5.97 Å². The third kappa shape index (κ3) is 1.44. The average Bonchev–Trinajstić information content (AvgIpc) is 2.56. The fourth-order valence-electron chi connectivity index (χ4n) is 1.65. The van der Waals surface area contributed by atoms with Crippen LogP contribution in [-0.4, -0.2) is 16.1 Å². The molecule has 2 N–H and O–H groups in total. The van der Waals surface area contributed by atoms with Crippen LogP contribution in [-0.2, 0) is 6.42 Å². The molecule has 1 aromatic carbocycles. The second kappa shape index (κ2) is 3.46. The second-order valence-corrected chi connectivity index (χ2v) is 3.16. The largest absolute Gasteiger partial charge is 0.478 e. The summed E-state index contributed by atoms with van der Waals surface area (Å²) >= 11 is 0. The van der Waals surface area contributed by atoms with Gasteiger partial charge in [-0.05, 0) is 6.07 Å². The van der Waals surface area contributed by atoms with Gasteiger partial charge in [-0.1, -0.05) is 18.2 Å². The van der Waals surface area contributed by atoms with Crippen molar-refractivity contribution in [2.75, 3.05) is 0 Å². The highest BCUT2D eigenvalue weighted by molar-refractivity contribution is 6.04. The lowest BCUT2D eigenvalue weighted by molar-refractivity contribution is 0.0698. The SMILES string of the molecule is N#CCc1[nH]c2ccccc2c1C(=O)O. The number of nitrogens with zero attached hydrogens (tertiary/aromatic N) is 1. The summed E-state index contributed by atoms with van der Waals surface area (Å²) in [6, 6.07) is 9.07. The average molecular weight is 200 g/mol. The molecule has 0 amide bonds. The van der Waals surface area contributed by atoms with Crippen LogP contribution in [0.2, 0.25) is 0 Å². The van der Waals surface area contributed by atoms with E-state index < -0.39 is 5.97 Å². The molecular weight excluding hydrogens is 192 g/mol. The Morgan fingerprint density at radius 1 is 1.47 bits per heavy atom. The molecule has 2 aromatic rings. The van der Waals surface area contributed by atoms with Crippen molar-refractivity contribution in [2.45, 2.75) is 6.42 Å². The molecule has 0 fully saturated rings. The summed E-state index contributed by atoms with van der Waals surface area (Å²) in [4.78, 5) is 14.0. The molecule has 0 atom stereocenters. The zero-order chi connectivity index (χ0) is 10.8. The molecule has 1 heterocycles. The van der Waals surface area contributed by atoms with Crippen molar-refractivity contribution in [3.05, 3.63) is 35.5 Å². The van der Waals surface area contributed by atoms with E-state index in [1.165, 1.54) is 0 Å². The van der Waals surface area contributed by atoms with E-state index in [1.54, 1.807) is 18.2 Å². The summed E-state index contributed by atoms with van der Waals surface area (Å²) in [5.41, 5.74) is 1.42. The van der Waals surface area contributed by atoms with E-state index in [1.807, 2.05) is 12.1 Å². The first-order valence-electron chi connectivity index (χ1n) is 4.44. The number of para-hydroxylation sites is 1. The molecule has 0 radical (unpaired) electrons. The summed E-state index contributed by atoms with van der Waals surface area (Å²) in [5, 5.41) is 18.3. The first kappa shape index (κ1) is 9.28. The van der Waals surface area contributed by atoms with E-state index in [2.05, 4.69) is 4.98 Å². The van der Waals surface area contributed by atoms with E-state index >= 15 is 0 Å². The maximum Gasteiger partial charge on any atom is 0.338 e. The number of nitriles is 1. The van der Waals surface area contributed by atoms with Crippen molar-refractivity contribution < 1.29 is 9.90 Å². The zero-order valence-corrected chi connectivity index (χ0v) is 7.82. The van der Waals surface area contributed by atoms with Gasteiger partial charge in [-0.25, -0.2) is 4.79 Å². The third-order valence-corrected chi connectivity index (χ3v) is 2.25. The molecule has 0 saturated heterocycles. The third-order valence-electron chi connectivity index (χ3n) is 2.25. The number of hydrogen-bond donors (Lipinski definition) is 2. The highest BCUT2D eigenvalue weighted by Crippen LogP contribution is 2.22. The van der Waals surface area contributed by atoms with Crippen LogP contribution in [0.4, 0.5) is 0 Å². The fraction of sp³-hybridized carbons (Fsp3) is 0.0909. The minimum absolute atomic E-state index is 0.0797. The minimum atomic E-state index is -1.00. The van der Waals surface area contributed by atoms with Crippen molar-refractivity contribution in [3.63, 3.8) is 0 Å². The first-order valence-corrected chi connectivity index (χ1v) is 4.44. The van der Waals surface area contributed by atoms with Gasteiger partial charge < -0.3 is 10.1 Å². The van der Waals surface area contributed by atoms with E-state index in [9.17, 15) is 4.79 Å². The lowest BCUT2D eigenvalue weighted by Gasteiger charge is -1.93. The Morgan fingerprint density at radius 2 is 2.20 bits per heavy atom. The Bertz CT molecular complexity index is 563. The Balaban J connectivity index is 2.75. The number of carboxylic acid groups (broad SMARTS) is 1. The van der Waals surface area contributed by atoms with Crippen molar-refractivity contribution in [3.8, 4) is 6.07 Å². The van der Waals surface area contributed by atoms with Crippen molar-refractivity contribution in [1.29, 1.82) is 5.26 Å². The number of carbonyl (C=O) groups is 1. The summed E-state index contributed by atoms with van der Waals surface area (Å²) in [6.07, 6.45) is 0.0797. The first-order chi connectivity index (χ1) is 7.24. The molecule has 0 aliphatic heterocycles. The Hall–Kier alpha value is -2.28. The van der Waals surface area contributed by atoms with Crippen LogP contribution in [0.3, 0.4) is 0 Å². The second-order valence-electron chi connectivity index (χ2n) is 3.16. The standard InChI is InChI=1S/C11H8N2O2/c12-6-5-9-10(11(14)15)7-3-1-2-4-8(7)13-9/h1-4,13H,5H2,(H,14,15). The van der Waals surface area contributed by atoms with Crippen LogP contribution in [0.5, 0.6) is 0 Å². The molecule has 0 spiro atoms. The van der Waals surface area contributed by atoms with E-state index in [4.69, 9.17) is 10.4 Å². The lowest BCUT2D eigenvalue weighted by Crippen LogP contribution is -1.99. The maximum absolute atomic E-state index is 11.0. The lowest BCUT2D eigenvalue weighted by atomic mass is 10.1. The van der Waals surface area contributed by atoms with Gasteiger partial charge in [0.15, 0.2) is 0 Å². The molecule has 2 rings (SSSR count). The minimum Gasteiger partial charge on any atom is -0.478 e. The number of carboxylic acids is 1. The molecule has 4 heteroatoms. The van der Waals surface area contributed by atoms with Gasteiger partial charge in [-0.3, -0.25) is 0 Å².